The van der Waals surface area contributed by atoms with Crippen LogP contribution in [0.3, 0.4) is 0 Å². The Labute approximate surface area is 175 Å². The Balaban J connectivity index is 3.40. The molecule has 0 bridgehead atoms. The van der Waals surface area contributed by atoms with Crippen molar-refractivity contribution in [1.29, 1.82) is 0 Å². The molecule has 9 heteroatoms. The van der Waals surface area contributed by atoms with E-state index in [0.717, 1.165) is 0 Å². The van der Waals surface area contributed by atoms with Crippen LogP contribution in [-0.2, 0) is 39.8 Å². The first-order valence-corrected chi connectivity index (χ1v) is 9.70. The largest absolute Gasteiger partial charge is 0.482 e. The zero-order valence-corrected chi connectivity index (χ0v) is 17.8. The smallest absolute Gasteiger partial charge is 0.344 e. The van der Waals surface area contributed by atoms with Crippen molar-refractivity contribution < 1.29 is 38.1 Å². The molecule has 0 unspecified atom stereocenters. The van der Waals surface area contributed by atoms with Crippen LogP contribution in [0.25, 0.3) is 0 Å². The van der Waals surface area contributed by atoms with Crippen molar-refractivity contribution in [2.24, 2.45) is 5.41 Å². The summed E-state index contributed by atoms with van der Waals surface area (Å²) in [5.74, 6) is -2.51. The summed E-state index contributed by atoms with van der Waals surface area (Å²) in [5, 5.41) is 0. The molecule has 0 aromatic heterocycles. The molecule has 0 fully saturated rings. The Bertz CT molecular complexity index is 756. The molecule has 2 N–H and O–H groups in total. The minimum atomic E-state index is -1.91. The number of nitrogens with two attached hydrogens (primary N) is 1. The summed E-state index contributed by atoms with van der Waals surface area (Å²) in [7, 11) is 0. The summed E-state index contributed by atoms with van der Waals surface area (Å²) in [6.07, 6.45) is -0.676. The van der Waals surface area contributed by atoms with Gasteiger partial charge in [-0.3, -0.25) is 14.4 Å². The van der Waals surface area contributed by atoms with E-state index in [9.17, 15) is 19.2 Å². The lowest BCUT2D eigenvalue weighted by Crippen LogP contribution is -2.45. The van der Waals surface area contributed by atoms with E-state index in [2.05, 4.69) is 0 Å². The summed E-state index contributed by atoms with van der Waals surface area (Å²) >= 11 is 0. The topological polar surface area (TPSA) is 131 Å². The normalized spacial score (nSPS) is 10.8. The molecule has 0 spiro atoms. The van der Waals surface area contributed by atoms with Gasteiger partial charge < -0.3 is 24.7 Å². The molecule has 1 rings (SSSR count). The third kappa shape index (κ3) is 6.75. The number of benzene rings is 1. The summed E-state index contributed by atoms with van der Waals surface area (Å²) < 4.78 is 20.6. The first kappa shape index (κ1) is 24.9. The van der Waals surface area contributed by atoms with Gasteiger partial charge in [0.05, 0.1) is 19.8 Å². The quantitative estimate of drug-likeness (QED) is 0.231. The lowest BCUT2D eigenvalue weighted by Gasteiger charge is -2.29. The lowest BCUT2D eigenvalue weighted by molar-refractivity contribution is -0.174. The van der Waals surface area contributed by atoms with Gasteiger partial charge in [0, 0.05) is 18.5 Å². The average Bonchev–Trinajstić information content (AvgIpc) is 2.67. The molecular formula is C21H29NO8. The van der Waals surface area contributed by atoms with E-state index in [0.29, 0.717) is 11.3 Å². The fraction of sp³-hybridized carbons (Fsp3) is 0.524. The van der Waals surface area contributed by atoms with Crippen LogP contribution < -0.4 is 10.5 Å². The molecule has 9 nitrogen and oxygen atoms in total. The van der Waals surface area contributed by atoms with Gasteiger partial charge in [-0.1, -0.05) is 0 Å². The van der Waals surface area contributed by atoms with Crippen molar-refractivity contribution in [3.63, 3.8) is 0 Å². The van der Waals surface area contributed by atoms with Crippen molar-refractivity contribution >= 4 is 29.4 Å². The summed E-state index contributed by atoms with van der Waals surface area (Å²) in [6.45, 7) is 5.98. The van der Waals surface area contributed by atoms with E-state index in [1.165, 1.54) is 19.1 Å². The molecule has 0 atom stereocenters. The number of rotatable bonds is 12. The fourth-order valence-corrected chi connectivity index (χ4v) is 2.94. The zero-order valence-electron chi connectivity index (χ0n) is 17.8. The zero-order chi connectivity index (χ0) is 22.7. The highest BCUT2D eigenvalue weighted by molar-refractivity contribution is 6.04. The number of carbonyl (C=O) groups is 4. The van der Waals surface area contributed by atoms with Crippen LogP contribution >= 0.6 is 0 Å². The van der Waals surface area contributed by atoms with E-state index in [4.69, 9.17) is 24.7 Å². The van der Waals surface area contributed by atoms with Crippen LogP contribution in [0, 0.1) is 5.41 Å². The van der Waals surface area contributed by atoms with Crippen LogP contribution in [0.5, 0.6) is 5.75 Å². The third-order valence-corrected chi connectivity index (χ3v) is 4.11. The number of ether oxygens (including phenoxy) is 4. The van der Waals surface area contributed by atoms with Gasteiger partial charge in [-0.25, -0.2) is 4.79 Å². The molecule has 1 aromatic rings. The maximum absolute atomic E-state index is 12.8. The number of anilines is 1. The van der Waals surface area contributed by atoms with Gasteiger partial charge in [0.2, 0.25) is 0 Å². The molecule has 0 heterocycles. The van der Waals surface area contributed by atoms with E-state index < -0.39 is 35.5 Å². The third-order valence-electron chi connectivity index (χ3n) is 4.11. The van der Waals surface area contributed by atoms with E-state index >= 15 is 0 Å². The van der Waals surface area contributed by atoms with Crippen molar-refractivity contribution in [3.05, 3.63) is 23.8 Å². The fourth-order valence-electron chi connectivity index (χ4n) is 2.94. The highest BCUT2D eigenvalue weighted by Gasteiger charge is 2.50. The molecule has 0 aliphatic rings. The van der Waals surface area contributed by atoms with Crippen molar-refractivity contribution in [2.45, 2.75) is 40.5 Å². The average molecular weight is 423 g/mol. The number of Topliss-reactive ketones (excluding diaryl/α,β-unsaturated/α-hetero) is 1. The Hall–Kier alpha value is -3.10. The minimum absolute atomic E-state index is 0.0149. The summed E-state index contributed by atoms with van der Waals surface area (Å²) in [4.78, 5) is 49.3. The standard InChI is InChI=1S/C21H29NO8/c1-5-27-18(24)13-30-17-9-8-16(22)10-15(17)12-21(11-14(4)23,19(25)28-6-2)20(26)29-7-3/h8-10H,5-7,11-13,22H2,1-4H3. The number of nitrogen functional groups attached to an aromatic ring is 1. The Kier molecular flexibility index (Phi) is 9.80. The summed E-state index contributed by atoms with van der Waals surface area (Å²) in [5.41, 5.74) is 4.66. The van der Waals surface area contributed by atoms with Gasteiger partial charge in [0.15, 0.2) is 12.0 Å². The first-order chi connectivity index (χ1) is 14.2. The number of carbonyl (C=O) groups excluding carboxylic acids is 4. The SMILES string of the molecule is CCOC(=O)COc1ccc(N)cc1CC(CC(C)=O)(C(=O)OCC)C(=O)OCC. The number of ketones is 1. The second-order valence-electron chi connectivity index (χ2n) is 6.54. The highest BCUT2D eigenvalue weighted by atomic mass is 16.6. The molecule has 1 aromatic carbocycles. The van der Waals surface area contributed by atoms with Crippen molar-refractivity contribution in [1.82, 2.24) is 0 Å². The van der Waals surface area contributed by atoms with Gasteiger partial charge in [-0.05, 0) is 51.5 Å². The Morgan fingerprint density at radius 1 is 0.933 bits per heavy atom. The minimum Gasteiger partial charge on any atom is -0.482 e. The van der Waals surface area contributed by atoms with Crippen molar-refractivity contribution in [2.75, 3.05) is 32.2 Å². The molecule has 0 saturated carbocycles. The second kappa shape index (κ2) is 11.8. The van der Waals surface area contributed by atoms with Crippen LogP contribution in [0.4, 0.5) is 5.69 Å². The molecule has 166 valence electrons. The van der Waals surface area contributed by atoms with E-state index in [1.54, 1.807) is 26.8 Å². The van der Waals surface area contributed by atoms with Crippen LogP contribution in [0.2, 0.25) is 0 Å². The number of hydrogen-bond donors (Lipinski definition) is 1. The van der Waals surface area contributed by atoms with Gasteiger partial charge in [0.25, 0.3) is 0 Å². The van der Waals surface area contributed by atoms with Crippen LogP contribution in [0.15, 0.2) is 18.2 Å². The summed E-state index contributed by atoms with van der Waals surface area (Å²) in [6, 6.07) is 4.57. The van der Waals surface area contributed by atoms with Gasteiger partial charge in [0.1, 0.15) is 11.5 Å². The van der Waals surface area contributed by atoms with E-state index in [1.807, 2.05) is 0 Å². The lowest BCUT2D eigenvalue weighted by atomic mass is 9.77. The molecule has 0 aliphatic heterocycles. The molecule has 0 radical (unpaired) electrons. The van der Waals surface area contributed by atoms with Gasteiger partial charge >= 0.3 is 17.9 Å². The highest BCUT2D eigenvalue weighted by Crippen LogP contribution is 2.35. The van der Waals surface area contributed by atoms with E-state index in [-0.39, 0.29) is 38.6 Å². The molecule has 0 aliphatic carbocycles. The maximum atomic E-state index is 12.8. The van der Waals surface area contributed by atoms with Crippen LogP contribution in [-0.4, -0.2) is 50.1 Å². The predicted molar refractivity (Wildman–Crippen MR) is 108 cm³/mol. The van der Waals surface area contributed by atoms with Gasteiger partial charge in [-0.15, -0.1) is 0 Å². The van der Waals surface area contributed by atoms with Crippen LogP contribution in [0.1, 0.15) is 39.7 Å². The predicted octanol–water partition coefficient (Wildman–Crippen LogP) is 1.84. The molecule has 0 amide bonds. The molecule has 0 saturated heterocycles. The first-order valence-electron chi connectivity index (χ1n) is 9.70. The number of hydrogen-bond acceptors (Lipinski definition) is 9. The maximum Gasteiger partial charge on any atom is 0.344 e. The molecule has 30 heavy (non-hydrogen) atoms. The number of esters is 3. The van der Waals surface area contributed by atoms with Gasteiger partial charge in [-0.2, -0.15) is 0 Å². The molecular weight excluding hydrogens is 394 g/mol. The second-order valence-corrected chi connectivity index (χ2v) is 6.54. The van der Waals surface area contributed by atoms with Crippen molar-refractivity contribution in [3.8, 4) is 5.75 Å². The monoisotopic (exact) mass is 423 g/mol. The Morgan fingerprint density at radius 2 is 1.50 bits per heavy atom. The Morgan fingerprint density at radius 3 is 2.00 bits per heavy atom.